The molecule has 0 fully saturated rings. The summed E-state index contributed by atoms with van der Waals surface area (Å²) in [6, 6.07) is 11.4. The number of aliphatic hydroxyl groups excluding tert-OH is 1. The van der Waals surface area contributed by atoms with Crippen LogP contribution in [0.2, 0.25) is 0 Å². The molecule has 2 aromatic rings. The van der Waals surface area contributed by atoms with Gasteiger partial charge in [0.05, 0.1) is 11.7 Å². The highest BCUT2D eigenvalue weighted by atomic mass is 19.4. The predicted octanol–water partition coefficient (Wildman–Crippen LogP) is 4.73. The number of hydrogen-bond acceptors (Lipinski definition) is 1. The molecule has 0 bridgehead atoms. The fourth-order valence-electron chi connectivity index (χ4n) is 2.40. The average Bonchev–Trinajstić information content (AvgIpc) is 2.37. The standard InChI is InChI=1S/C16H15F3O/c1-10-13(11(2)20)8-9-14(15(10)16(17,18)19)12-6-4-3-5-7-12/h3-9,11,20H,1-2H3. The minimum Gasteiger partial charge on any atom is -0.389 e. The molecule has 1 atom stereocenters. The second-order valence-electron chi connectivity index (χ2n) is 4.74. The topological polar surface area (TPSA) is 20.2 Å². The molecular weight excluding hydrogens is 265 g/mol. The number of halogens is 3. The van der Waals surface area contributed by atoms with Crippen molar-refractivity contribution in [3.05, 3.63) is 59.2 Å². The van der Waals surface area contributed by atoms with Gasteiger partial charge in [0, 0.05) is 0 Å². The molecule has 0 saturated carbocycles. The summed E-state index contributed by atoms with van der Waals surface area (Å²) in [6.07, 6.45) is -5.39. The van der Waals surface area contributed by atoms with Crippen molar-refractivity contribution in [3.63, 3.8) is 0 Å². The van der Waals surface area contributed by atoms with Crippen LogP contribution in [0.25, 0.3) is 11.1 Å². The van der Waals surface area contributed by atoms with Gasteiger partial charge in [-0.1, -0.05) is 42.5 Å². The van der Waals surface area contributed by atoms with E-state index in [4.69, 9.17) is 0 Å². The van der Waals surface area contributed by atoms with Crippen molar-refractivity contribution in [2.45, 2.75) is 26.1 Å². The first-order valence-electron chi connectivity index (χ1n) is 6.26. The number of aliphatic hydroxyl groups is 1. The van der Waals surface area contributed by atoms with Crippen molar-refractivity contribution in [1.29, 1.82) is 0 Å². The molecule has 0 saturated heterocycles. The predicted molar refractivity (Wildman–Crippen MR) is 72.3 cm³/mol. The van der Waals surface area contributed by atoms with Crippen molar-refractivity contribution < 1.29 is 18.3 Å². The van der Waals surface area contributed by atoms with Gasteiger partial charge in [0.15, 0.2) is 0 Å². The van der Waals surface area contributed by atoms with E-state index in [0.29, 0.717) is 11.1 Å². The highest BCUT2D eigenvalue weighted by Crippen LogP contribution is 2.41. The van der Waals surface area contributed by atoms with Crippen molar-refractivity contribution in [2.24, 2.45) is 0 Å². The van der Waals surface area contributed by atoms with E-state index in [-0.39, 0.29) is 11.1 Å². The van der Waals surface area contributed by atoms with Crippen LogP contribution in [0.1, 0.15) is 29.7 Å². The maximum absolute atomic E-state index is 13.4. The van der Waals surface area contributed by atoms with Gasteiger partial charge in [-0.25, -0.2) is 0 Å². The largest absolute Gasteiger partial charge is 0.417 e. The molecule has 0 heterocycles. The number of rotatable bonds is 2. The summed E-state index contributed by atoms with van der Waals surface area (Å²) in [7, 11) is 0. The van der Waals surface area contributed by atoms with Gasteiger partial charge in [-0.2, -0.15) is 13.2 Å². The molecule has 2 rings (SSSR count). The van der Waals surface area contributed by atoms with E-state index < -0.39 is 17.8 Å². The minimum absolute atomic E-state index is 0.0776. The van der Waals surface area contributed by atoms with E-state index >= 15 is 0 Å². The van der Waals surface area contributed by atoms with Gasteiger partial charge in [-0.3, -0.25) is 0 Å². The maximum Gasteiger partial charge on any atom is 0.417 e. The number of benzene rings is 2. The lowest BCUT2D eigenvalue weighted by Gasteiger charge is -2.20. The summed E-state index contributed by atoms with van der Waals surface area (Å²) >= 11 is 0. The fourth-order valence-corrected chi connectivity index (χ4v) is 2.40. The van der Waals surface area contributed by atoms with Crippen LogP contribution in [0.4, 0.5) is 13.2 Å². The molecule has 2 aromatic carbocycles. The van der Waals surface area contributed by atoms with Crippen LogP contribution in [0.15, 0.2) is 42.5 Å². The summed E-state index contributed by atoms with van der Waals surface area (Å²) in [5, 5.41) is 9.59. The zero-order valence-corrected chi connectivity index (χ0v) is 11.2. The Bertz CT molecular complexity index is 601. The molecule has 0 spiro atoms. The van der Waals surface area contributed by atoms with Crippen LogP contribution in [0.3, 0.4) is 0 Å². The lowest BCUT2D eigenvalue weighted by molar-refractivity contribution is -0.137. The second kappa shape index (κ2) is 5.29. The quantitative estimate of drug-likeness (QED) is 0.842. The zero-order valence-electron chi connectivity index (χ0n) is 11.2. The van der Waals surface area contributed by atoms with Crippen molar-refractivity contribution in [3.8, 4) is 11.1 Å². The van der Waals surface area contributed by atoms with Gasteiger partial charge in [0.1, 0.15) is 0 Å². The molecule has 1 unspecified atom stereocenters. The smallest absolute Gasteiger partial charge is 0.389 e. The van der Waals surface area contributed by atoms with Gasteiger partial charge < -0.3 is 5.11 Å². The Morgan fingerprint density at radius 3 is 2.10 bits per heavy atom. The van der Waals surface area contributed by atoms with E-state index in [9.17, 15) is 18.3 Å². The maximum atomic E-state index is 13.4. The van der Waals surface area contributed by atoms with Crippen LogP contribution in [-0.4, -0.2) is 5.11 Å². The summed E-state index contributed by atoms with van der Waals surface area (Å²) in [6.45, 7) is 2.86. The van der Waals surface area contributed by atoms with Crippen LogP contribution in [0, 0.1) is 6.92 Å². The summed E-state index contributed by atoms with van der Waals surface area (Å²) in [5.41, 5.74) is 0.355. The highest BCUT2D eigenvalue weighted by molar-refractivity contribution is 5.70. The monoisotopic (exact) mass is 280 g/mol. The lowest BCUT2D eigenvalue weighted by atomic mass is 9.90. The third-order valence-electron chi connectivity index (χ3n) is 3.33. The third-order valence-corrected chi connectivity index (χ3v) is 3.33. The molecule has 20 heavy (non-hydrogen) atoms. The molecule has 0 amide bonds. The molecule has 0 radical (unpaired) electrons. The molecule has 0 aliphatic carbocycles. The second-order valence-corrected chi connectivity index (χ2v) is 4.74. The van der Waals surface area contributed by atoms with E-state index in [1.807, 2.05) is 0 Å². The van der Waals surface area contributed by atoms with E-state index in [1.54, 1.807) is 36.4 Å². The van der Waals surface area contributed by atoms with Crippen molar-refractivity contribution in [1.82, 2.24) is 0 Å². The fraction of sp³-hybridized carbons (Fsp3) is 0.250. The van der Waals surface area contributed by atoms with Gasteiger partial charge in [-0.05, 0) is 36.1 Å². The molecule has 0 aliphatic heterocycles. The Hall–Kier alpha value is -1.81. The first-order chi connectivity index (χ1) is 9.32. The molecule has 1 nitrogen and oxygen atoms in total. The van der Waals surface area contributed by atoms with Crippen LogP contribution in [0.5, 0.6) is 0 Å². The van der Waals surface area contributed by atoms with E-state index in [0.717, 1.165) is 0 Å². The number of alkyl halides is 3. The SMILES string of the molecule is Cc1c(C(C)O)ccc(-c2ccccc2)c1C(F)(F)F. The summed E-state index contributed by atoms with van der Waals surface area (Å²) in [4.78, 5) is 0. The van der Waals surface area contributed by atoms with Crippen LogP contribution < -0.4 is 0 Å². The van der Waals surface area contributed by atoms with E-state index in [2.05, 4.69) is 0 Å². The van der Waals surface area contributed by atoms with Gasteiger partial charge in [0.25, 0.3) is 0 Å². The average molecular weight is 280 g/mol. The third kappa shape index (κ3) is 2.70. The lowest BCUT2D eigenvalue weighted by Crippen LogP contribution is -2.12. The Labute approximate surface area is 115 Å². The molecule has 1 N–H and O–H groups in total. The Morgan fingerprint density at radius 1 is 1.00 bits per heavy atom. The Morgan fingerprint density at radius 2 is 1.60 bits per heavy atom. The Balaban J connectivity index is 2.74. The molecule has 106 valence electrons. The molecule has 0 aromatic heterocycles. The van der Waals surface area contributed by atoms with Crippen molar-refractivity contribution in [2.75, 3.05) is 0 Å². The molecule has 4 heteroatoms. The normalized spacial score (nSPS) is 13.3. The zero-order chi connectivity index (χ0) is 14.9. The van der Waals surface area contributed by atoms with E-state index in [1.165, 1.54) is 19.9 Å². The van der Waals surface area contributed by atoms with Crippen LogP contribution in [-0.2, 0) is 6.18 Å². The first kappa shape index (κ1) is 14.6. The van der Waals surface area contributed by atoms with Gasteiger partial charge >= 0.3 is 6.18 Å². The van der Waals surface area contributed by atoms with Crippen molar-refractivity contribution >= 4 is 0 Å². The molecule has 0 aliphatic rings. The minimum atomic E-state index is -4.46. The molecular formula is C16H15F3O. The number of hydrogen-bond donors (Lipinski definition) is 1. The highest BCUT2D eigenvalue weighted by Gasteiger charge is 2.36. The summed E-state index contributed by atoms with van der Waals surface area (Å²) < 4.78 is 40.1. The van der Waals surface area contributed by atoms with Gasteiger partial charge in [0.2, 0.25) is 0 Å². The first-order valence-corrected chi connectivity index (χ1v) is 6.26. The Kier molecular flexibility index (Phi) is 3.86. The van der Waals surface area contributed by atoms with Crippen LogP contribution >= 0.6 is 0 Å². The summed E-state index contributed by atoms with van der Waals surface area (Å²) in [5.74, 6) is 0. The van der Waals surface area contributed by atoms with Gasteiger partial charge in [-0.15, -0.1) is 0 Å².